The Balaban J connectivity index is 2.21. The van der Waals surface area contributed by atoms with Crippen molar-refractivity contribution in [1.29, 1.82) is 0 Å². The van der Waals surface area contributed by atoms with Crippen LogP contribution in [-0.4, -0.2) is 41.3 Å². The molecule has 6 nitrogen and oxygen atoms in total. The number of hydrogen-bond acceptors (Lipinski definition) is 5. The second-order valence-corrected chi connectivity index (χ2v) is 9.99. The normalized spacial score (nSPS) is 18.3. The Kier molecular flexibility index (Phi) is 7.50. The Labute approximate surface area is 178 Å². The molecular weight excluding hydrogens is 387 g/mol. The van der Waals surface area contributed by atoms with Crippen molar-refractivity contribution in [2.45, 2.75) is 72.1 Å². The number of rotatable bonds is 5. The minimum absolute atomic E-state index is 0.100. The first kappa shape index (κ1) is 24.1. The minimum atomic E-state index is -0.636. The molecule has 1 aromatic carbocycles. The summed E-state index contributed by atoms with van der Waals surface area (Å²) in [5.74, 6) is -1.31. The summed E-state index contributed by atoms with van der Waals surface area (Å²) in [6.07, 6.45) is 0.596. The molecule has 1 amide bonds. The zero-order valence-electron chi connectivity index (χ0n) is 19.0. The van der Waals surface area contributed by atoms with E-state index in [0.29, 0.717) is 37.1 Å². The molecule has 1 saturated heterocycles. The minimum Gasteiger partial charge on any atom is -0.460 e. The van der Waals surface area contributed by atoms with E-state index in [1.54, 1.807) is 4.90 Å². The van der Waals surface area contributed by atoms with Crippen LogP contribution in [0.1, 0.15) is 59.1 Å². The first-order valence-electron chi connectivity index (χ1n) is 10.5. The highest BCUT2D eigenvalue weighted by atomic mass is 19.1. The summed E-state index contributed by atoms with van der Waals surface area (Å²) in [6, 6.07) is 4.64. The Bertz CT molecular complexity index is 767. The number of halogens is 1. The molecule has 0 bridgehead atoms. The molecule has 30 heavy (non-hydrogen) atoms. The van der Waals surface area contributed by atoms with Gasteiger partial charge in [-0.15, -0.1) is 0 Å². The van der Waals surface area contributed by atoms with Gasteiger partial charge in [0, 0.05) is 19.6 Å². The zero-order valence-corrected chi connectivity index (χ0v) is 19.0. The molecule has 2 N–H and O–H groups in total. The van der Waals surface area contributed by atoms with Crippen LogP contribution in [0.4, 0.5) is 9.18 Å². The number of nitrogens with two attached hydrogens (primary N) is 1. The van der Waals surface area contributed by atoms with Gasteiger partial charge in [0.1, 0.15) is 17.0 Å². The predicted molar refractivity (Wildman–Crippen MR) is 113 cm³/mol. The maximum atomic E-state index is 14.0. The highest BCUT2D eigenvalue weighted by Gasteiger charge is 2.39. The van der Waals surface area contributed by atoms with Gasteiger partial charge >= 0.3 is 12.1 Å². The van der Waals surface area contributed by atoms with Crippen LogP contribution in [0, 0.1) is 17.7 Å². The van der Waals surface area contributed by atoms with Crippen LogP contribution in [0.15, 0.2) is 18.2 Å². The first-order chi connectivity index (χ1) is 13.8. The summed E-state index contributed by atoms with van der Waals surface area (Å²) >= 11 is 0. The number of nitrogens with zero attached hydrogens (tertiary/aromatic N) is 1. The van der Waals surface area contributed by atoms with Gasteiger partial charge in [-0.05, 0) is 83.6 Å². The zero-order chi connectivity index (χ0) is 22.7. The standard InChI is InChI=1S/C23H35FN2O4/c1-22(2,3)29-20(27)19(12-15-9-16(13-25)11-18(24)10-15)17-7-8-26(14-17)21(28)30-23(4,5)6/h9-11,17,19H,7-8,12-14,25H2,1-6H3. The number of likely N-dealkylation sites (tertiary alicyclic amines) is 1. The predicted octanol–water partition coefficient (Wildman–Crippen LogP) is 4.04. The quantitative estimate of drug-likeness (QED) is 0.724. The van der Waals surface area contributed by atoms with E-state index in [-0.39, 0.29) is 30.3 Å². The highest BCUT2D eigenvalue weighted by molar-refractivity contribution is 5.74. The lowest BCUT2D eigenvalue weighted by Gasteiger charge is -2.28. The second-order valence-electron chi connectivity index (χ2n) is 9.99. The molecule has 2 unspecified atom stereocenters. The van der Waals surface area contributed by atoms with Crippen LogP contribution in [0.5, 0.6) is 0 Å². The molecular formula is C23H35FN2O4. The van der Waals surface area contributed by atoms with Gasteiger partial charge in [0.05, 0.1) is 5.92 Å². The summed E-state index contributed by atoms with van der Waals surface area (Å²) in [5, 5.41) is 0. The number of hydrogen-bond donors (Lipinski definition) is 1. The van der Waals surface area contributed by atoms with Gasteiger partial charge in [-0.3, -0.25) is 4.79 Å². The topological polar surface area (TPSA) is 81.9 Å². The maximum Gasteiger partial charge on any atom is 0.410 e. The molecule has 1 aromatic rings. The molecule has 1 aliphatic rings. The summed E-state index contributed by atoms with van der Waals surface area (Å²) in [6.45, 7) is 12.0. The van der Waals surface area contributed by atoms with E-state index in [0.717, 1.165) is 0 Å². The van der Waals surface area contributed by atoms with Crippen molar-refractivity contribution < 1.29 is 23.5 Å². The molecule has 168 valence electrons. The van der Waals surface area contributed by atoms with Crippen LogP contribution in [0.3, 0.4) is 0 Å². The number of amides is 1. The smallest absolute Gasteiger partial charge is 0.410 e. The van der Waals surface area contributed by atoms with E-state index in [1.807, 2.05) is 47.6 Å². The molecule has 0 saturated carbocycles. The van der Waals surface area contributed by atoms with Crippen molar-refractivity contribution in [3.05, 3.63) is 35.1 Å². The molecule has 1 fully saturated rings. The fraction of sp³-hybridized carbons (Fsp3) is 0.652. The van der Waals surface area contributed by atoms with Gasteiger partial charge < -0.3 is 20.1 Å². The lowest BCUT2D eigenvalue weighted by molar-refractivity contribution is -0.161. The molecule has 1 aliphatic heterocycles. The summed E-state index contributed by atoms with van der Waals surface area (Å²) in [5.41, 5.74) is 5.82. The largest absolute Gasteiger partial charge is 0.460 e. The molecule has 0 radical (unpaired) electrons. The van der Waals surface area contributed by atoms with Crippen molar-refractivity contribution >= 4 is 12.1 Å². The number of carbonyl (C=O) groups is 2. The first-order valence-corrected chi connectivity index (χ1v) is 10.5. The van der Waals surface area contributed by atoms with Gasteiger partial charge in [-0.25, -0.2) is 9.18 Å². The molecule has 0 aliphatic carbocycles. The number of carbonyl (C=O) groups excluding carboxylic acids is 2. The van der Waals surface area contributed by atoms with Crippen LogP contribution in [0.25, 0.3) is 0 Å². The SMILES string of the molecule is CC(C)(C)OC(=O)C(Cc1cc(F)cc(CN)c1)C1CCN(C(=O)OC(C)(C)C)C1. The van der Waals surface area contributed by atoms with Crippen molar-refractivity contribution in [3.63, 3.8) is 0 Å². The second kappa shape index (κ2) is 9.33. The average Bonchev–Trinajstić information content (AvgIpc) is 3.06. The van der Waals surface area contributed by atoms with Gasteiger partial charge in [-0.1, -0.05) is 6.07 Å². The average molecular weight is 423 g/mol. The van der Waals surface area contributed by atoms with Gasteiger partial charge in [0.2, 0.25) is 0 Å². The van der Waals surface area contributed by atoms with Crippen molar-refractivity contribution in [1.82, 2.24) is 4.90 Å². The van der Waals surface area contributed by atoms with Crippen LogP contribution in [0.2, 0.25) is 0 Å². The highest BCUT2D eigenvalue weighted by Crippen LogP contribution is 2.31. The number of benzene rings is 1. The van der Waals surface area contributed by atoms with Gasteiger partial charge in [0.25, 0.3) is 0 Å². The van der Waals surface area contributed by atoms with E-state index in [9.17, 15) is 14.0 Å². The van der Waals surface area contributed by atoms with Gasteiger partial charge in [0.15, 0.2) is 0 Å². The molecule has 2 atom stereocenters. The molecule has 7 heteroatoms. The Morgan fingerprint density at radius 3 is 2.27 bits per heavy atom. The van der Waals surface area contributed by atoms with Crippen LogP contribution < -0.4 is 5.73 Å². The van der Waals surface area contributed by atoms with Crippen molar-refractivity contribution in [3.8, 4) is 0 Å². The molecule has 1 heterocycles. The lowest BCUT2D eigenvalue weighted by atomic mass is 9.85. The van der Waals surface area contributed by atoms with E-state index in [2.05, 4.69) is 0 Å². The number of esters is 1. The van der Waals surface area contributed by atoms with E-state index >= 15 is 0 Å². The Hall–Kier alpha value is -2.15. The number of ether oxygens (including phenoxy) is 2. The Morgan fingerprint density at radius 1 is 1.10 bits per heavy atom. The summed E-state index contributed by atoms with van der Waals surface area (Å²) < 4.78 is 25.1. The van der Waals surface area contributed by atoms with E-state index in [4.69, 9.17) is 15.2 Å². The van der Waals surface area contributed by atoms with Gasteiger partial charge in [-0.2, -0.15) is 0 Å². The fourth-order valence-corrected chi connectivity index (χ4v) is 3.63. The maximum absolute atomic E-state index is 14.0. The summed E-state index contributed by atoms with van der Waals surface area (Å²) in [4.78, 5) is 27.1. The molecule has 2 rings (SSSR count). The lowest BCUT2D eigenvalue weighted by Crippen LogP contribution is -2.38. The third-order valence-corrected chi connectivity index (χ3v) is 4.86. The van der Waals surface area contributed by atoms with E-state index < -0.39 is 17.1 Å². The molecule has 0 aromatic heterocycles. The fourth-order valence-electron chi connectivity index (χ4n) is 3.63. The monoisotopic (exact) mass is 422 g/mol. The molecule has 0 spiro atoms. The van der Waals surface area contributed by atoms with Crippen LogP contribution in [-0.2, 0) is 27.2 Å². The third kappa shape index (κ3) is 7.27. The van der Waals surface area contributed by atoms with Crippen LogP contribution >= 0.6 is 0 Å². The summed E-state index contributed by atoms with van der Waals surface area (Å²) in [7, 11) is 0. The van der Waals surface area contributed by atoms with Crippen molar-refractivity contribution in [2.75, 3.05) is 13.1 Å². The van der Waals surface area contributed by atoms with Crippen molar-refractivity contribution in [2.24, 2.45) is 17.6 Å². The Morgan fingerprint density at radius 2 is 1.70 bits per heavy atom. The third-order valence-electron chi connectivity index (χ3n) is 4.86. The van der Waals surface area contributed by atoms with E-state index in [1.165, 1.54) is 12.1 Å².